The minimum atomic E-state index is -3.36. The molecule has 1 saturated carbocycles. The van der Waals surface area contributed by atoms with E-state index >= 15 is 0 Å². The smallest absolute Gasteiger partial charge is 0.181 e. The molecule has 0 aromatic heterocycles. The Morgan fingerprint density at radius 1 is 1.20 bits per heavy atom. The second kappa shape index (κ2) is 6.39. The van der Waals surface area contributed by atoms with Gasteiger partial charge in [0.25, 0.3) is 0 Å². The normalized spacial score (nSPS) is 16.9. The first-order valence-corrected chi connectivity index (χ1v) is 8.64. The SMILES string of the molecule is COc1ccccc1C(=O)CS(=O)(=O)C1CCCCC1. The van der Waals surface area contributed by atoms with E-state index in [0.717, 1.165) is 19.3 Å². The van der Waals surface area contributed by atoms with Crippen molar-refractivity contribution in [1.29, 1.82) is 0 Å². The van der Waals surface area contributed by atoms with E-state index in [1.54, 1.807) is 24.3 Å². The van der Waals surface area contributed by atoms with Gasteiger partial charge in [-0.05, 0) is 25.0 Å². The number of methoxy groups -OCH3 is 1. The Morgan fingerprint density at radius 2 is 1.85 bits per heavy atom. The molecule has 1 aliphatic rings. The Balaban J connectivity index is 2.14. The maximum atomic E-state index is 12.3. The Hall–Kier alpha value is -1.36. The molecule has 0 heterocycles. The predicted octanol–water partition coefficient (Wildman–Crippen LogP) is 2.63. The molecule has 20 heavy (non-hydrogen) atoms. The van der Waals surface area contributed by atoms with Crippen LogP contribution in [0.15, 0.2) is 24.3 Å². The van der Waals surface area contributed by atoms with Gasteiger partial charge in [0.05, 0.1) is 17.9 Å². The molecule has 2 rings (SSSR count). The van der Waals surface area contributed by atoms with Crippen molar-refractivity contribution in [2.75, 3.05) is 12.9 Å². The van der Waals surface area contributed by atoms with Crippen LogP contribution in [0.25, 0.3) is 0 Å². The monoisotopic (exact) mass is 296 g/mol. The zero-order chi connectivity index (χ0) is 14.6. The first-order chi connectivity index (χ1) is 9.54. The summed E-state index contributed by atoms with van der Waals surface area (Å²) >= 11 is 0. The highest BCUT2D eigenvalue weighted by molar-refractivity contribution is 7.92. The van der Waals surface area contributed by atoms with Gasteiger partial charge in [-0.25, -0.2) is 8.42 Å². The number of ether oxygens (including phenoxy) is 1. The fourth-order valence-corrected chi connectivity index (χ4v) is 4.49. The van der Waals surface area contributed by atoms with E-state index in [2.05, 4.69) is 0 Å². The molecule has 5 heteroatoms. The van der Waals surface area contributed by atoms with Gasteiger partial charge in [-0.1, -0.05) is 31.4 Å². The molecule has 0 atom stereocenters. The number of carbonyl (C=O) groups excluding carboxylic acids is 1. The number of hydrogen-bond donors (Lipinski definition) is 0. The summed E-state index contributed by atoms with van der Waals surface area (Å²) in [6.07, 6.45) is 4.33. The predicted molar refractivity (Wildman–Crippen MR) is 78.0 cm³/mol. The van der Waals surface area contributed by atoms with Gasteiger partial charge < -0.3 is 4.74 Å². The molecule has 0 unspecified atom stereocenters. The molecule has 1 fully saturated rings. The molecule has 4 nitrogen and oxygen atoms in total. The van der Waals surface area contributed by atoms with Crippen molar-refractivity contribution in [3.63, 3.8) is 0 Å². The third kappa shape index (κ3) is 3.39. The number of carbonyl (C=O) groups is 1. The number of rotatable bonds is 5. The fourth-order valence-electron chi connectivity index (χ4n) is 2.68. The van der Waals surface area contributed by atoms with Crippen LogP contribution >= 0.6 is 0 Å². The Morgan fingerprint density at radius 3 is 2.50 bits per heavy atom. The second-order valence-electron chi connectivity index (χ2n) is 5.19. The number of Topliss-reactive ketones (excluding diaryl/α,β-unsaturated/α-hetero) is 1. The summed E-state index contributed by atoms with van der Waals surface area (Å²) in [4.78, 5) is 12.2. The number of para-hydroxylation sites is 1. The van der Waals surface area contributed by atoms with E-state index in [9.17, 15) is 13.2 Å². The highest BCUT2D eigenvalue weighted by atomic mass is 32.2. The van der Waals surface area contributed by atoms with E-state index in [4.69, 9.17) is 4.74 Å². The first kappa shape index (κ1) is 15.0. The van der Waals surface area contributed by atoms with Crippen LogP contribution in [0.3, 0.4) is 0 Å². The van der Waals surface area contributed by atoms with Crippen LogP contribution in [-0.2, 0) is 9.84 Å². The van der Waals surface area contributed by atoms with Crippen molar-refractivity contribution in [1.82, 2.24) is 0 Å². The lowest BCUT2D eigenvalue weighted by Gasteiger charge is -2.21. The van der Waals surface area contributed by atoms with Gasteiger partial charge >= 0.3 is 0 Å². The van der Waals surface area contributed by atoms with Crippen molar-refractivity contribution >= 4 is 15.6 Å². The molecule has 0 bridgehead atoms. The summed E-state index contributed by atoms with van der Waals surface area (Å²) in [5, 5.41) is -0.352. The molecular weight excluding hydrogens is 276 g/mol. The van der Waals surface area contributed by atoms with E-state index in [1.807, 2.05) is 0 Å². The quantitative estimate of drug-likeness (QED) is 0.784. The second-order valence-corrected chi connectivity index (χ2v) is 7.47. The van der Waals surface area contributed by atoms with E-state index in [0.29, 0.717) is 24.2 Å². The summed E-state index contributed by atoms with van der Waals surface area (Å²) < 4.78 is 29.7. The summed E-state index contributed by atoms with van der Waals surface area (Å²) in [5.41, 5.74) is 0.342. The van der Waals surface area contributed by atoms with Gasteiger partial charge in [-0.2, -0.15) is 0 Å². The summed E-state index contributed by atoms with van der Waals surface area (Å²) in [7, 11) is -1.89. The zero-order valence-corrected chi connectivity index (χ0v) is 12.5. The minimum Gasteiger partial charge on any atom is -0.496 e. The van der Waals surface area contributed by atoms with Gasteiger partial charge in [0, 0.05) is 0 Å². The highest BCUT2D eigenvalue weighted by Gasteiger charge is 2.30. The lowest BCUT2D eigenvalue weighted by molar-refractivity contribution is 0.101. The molecule has 0 saturated heterocycles. The molecule has 0 amide bonds. The Labute approximate surface area is 120 Å². The maximum Gasteiger partial charge on any atom is 0.181 e. The van der Waals surface area contributed by atoms with Crippen molar-refractivity contribution in [3.05, 3.63) is 29.8 Å². The lowest BCUT2D eigenvalue weighted by Crippen LogP contribution is -2.29. The van der Waals surface area contributed by atoms with Crippen LogP contribution in [0.4, 0.5) is 0 Å². The molecule has 1 aliphatic carbocycles. The van der Waals surface area contributed by atoms with Crippen LogP contribution in [0, 0.1) is 0 Å². The van der Waals surface area contributed by atoms with E-state index < -0.39 is 15.6 Å². The number of benzene rings is 1. The van der Waals surface area contributed by atoms with Crippen LogP contribution < -0.4 is 4.74 Å². The van der Waals surface area contributed by atoms with Gasteiger partial charge in [0.15, 0.2) is 15.6 Å². The zero-order valence-electron chi connectivity index (χ0n) is 11.7. The molecule has 110 valence electrons. The van der Waals surface area contributed by atoms with Crippen molar-refractivity contribution < 1.29 is 17.9 Å². The third-order valence-corrected chi connectivity index (χ3v) is 5.95. The van der Waals surface area contributed by atoms with Gasteiger partial charge in [0.2, 0.25) is 0 Å². The fraction of sp³-hybridized carbons (Fsp3) is 0.533. The maximum absolute atomic E-state index is 12.3. The average molecular weight is 296 g/mol. The van der Waals surface area contributed by atoms with Crippen molar-refractivity contribution in [3.8, 4) is 5.75 Å². The van der Waals surface area contributed by atoms with Gasteiger partial charge in [-0.15, -0.1) is 0 Å². The van der Waals surface area contributed by atoms with E-state index in [1.165, 1.54) is 7.11 Å². The topological polar surface area (TPSA) is 60.4 Å². The molecule has 0 N–H and O–H groups in total. The standard InChI is InChI=1S/C15H20O4S/c1-19-15-10-6-5-9-13(15)14(16)11-20(17,18)12-7-3-2-4-8-12/h5-6,9-10,12H,2-4,7-8,11H2,1H3. The minimum absolute atomic E-state index is 0.342. The summed E-state index contributed by atoms with van der Waals surface area (Å²) in [5.74, 6) is -0.373. The first-order valence-electron chi connectivity index (χ1n) is 6.92. The molecular formula is C15H20O4S. The van der Waals surface area contributed by atoms with Crippen LogP contribution in [-0.4, -0.2) is 32.3 Å². The molecule has 0 radical (unpaired) electrons. The number of sulfone groups is 1. The Bertz CT molecular complexity index is 571. The van der Waals surface area contributed by atoms with Gasteiger partial charge in [-0.3, -0.25) is 4.79 Å². The summed E-state index contributed by atoms with van der Waals surface area (Å²) in [6.45, 7) is 0. The highest BCUT2D eigenvalue weighted by Crippen LogP contribution is 2.26. The van der Waals surface area contributed by atoms with Crippen LogP contribution in [0.5, 0.6) is 5.75 Å². The van der Waals surface area contributed by atoms with Crippen molar-refractivity contribution in [2.24, 2.45) is 0 Å². The Kier molecular flexibility index (Phi) is 4.81. The lowest BCUT2D eigenvalue weighted by atomic mass is 10.0. The number of hydrogen-bond acceptors (Lipinski definition) is 4. The molecule has 0 spiro atoms. The third-order valence-electron chi connectivity index (χ3n) is 3.80. The molecule has 0 aliphatic heterocycles. The summed E-state index contributed by atoms with van der Waals surface area (Å²) in [6, 6.07) is 6.74. The van der Waals surface area contributed by atoms with Crippen molar-refractivity contribution in [2.45, 2.75) is 37.4 Å². The van der Waals surface area contributed by atoms with Crippen LogP contribution in [0.2, 0.25) is 0 Å². The molecule has 1 aromatic rings. The largest absolute Gasteiger partial charge is 0.496 e. The van der Waals surface area contributed by atoms with Gasteiger partial charge in [0.1, 0.15) is 11.5 Å². The van der Waals surface area contributed by atoms with E-state index in [-0.39, 0.29) is 11.0 Å². The van der Waals surface area contributed by atoms with Crippen LogP contribution in [0.1, 0.15) is 42.5 Å². The average Bonchev–Trinajstić information content (AvgIpc) is 2.47. The molecule has 1 aromatic carbocycles. The number of ketones is 1.